The van der Waals surface area contributed by atoms with Crippen molar-refractivity contribution in [2.24, 2.45) is 0 Å². The highest BCUT2D eigenvalue weighted by Gasteiger charge is 1.98. The fraction of sp³-hybridized carbons (Fsp3) is 0.571. The second-order valence-corrected chi connectivity index (χ2v) is 5.02. The molecule has 0 amide bonds. The summed E-state index contributed by atoms with van der Waals surface area (Å²) in [6.45, 7) is 6.02. The van der Waals surface area contributed by atoms with Crippen LogP contribution in [0.4, 0.5) is 5.69 Å². The average molecular weight is 332 g/mol. The standard InChI is InChI=1S/C14H22BrNO3/c1-12-11-13(15)3-4-14(12)16-5-6-18-9-10-19-8-7-17-2/h3-4,11,16H,5-10H2,1-2H3. The van der Waals surface area contributed by atoms with Gasteiger partial charge in [-0.1, -0.05) is 15.9 Å². The first-order valence-electron chi connectivity index (χ1n) is 6.38. The molecule has 0 bridgehead atoms. The van der Waals surface area contributed by atoms with Crippen LogP contribution in [0, 0.1) is 6.92 Å². The molecule has 0 heterocycles. The Kier molecular flexibility index (Phi) is 8.82. The molecule has 1 aromatic rings. The van der Waals surface area contributed by atoms with Gasteiger partial charge < -0.3 is 19.5 Å². The predicted octanol–water partition coefficient (Wildman–Crippen LogP) is 2.85. The van der Waals surface area contributed by atoms with Crippen LogP contribution in [0.1, 0.15) is 5.56 Å². The number of anilines is 1. The SMILES string of the molecule is COCCOCCOCCNc1ccc(Br)cc1C. The van der Waals surface area contributed by atoms with Gasteiger partial charge in [-0.2, -0.15) is 0 Å². The fourth-order valence-corrected chi connectivity index (χ4v) is 2.02. The summed E-state index contributed by atoms with van der Waals surface area (Å²) >= 11 is 3.45. The number of nitrogens with one attached hydrogen (secondary N) is 1. The summed E-state index contributed by atoms with van der Waals surface area (Å²) in [5, 5.41) is 3.34. The molecular weight excluding hydrogens is 310 g/mol. The van der Waals surface area contributed by atoms with E-state index in [1.165, 1.54) is 5.56 Å². The molecule has 0 atom stereocenters. The highest BCUT2D eigenvalue weighted by Crippen LogP contribution is 2.19. The van der Waals surface area contributed by atoms with Crippen molar-refractivity contribution in [2.75, 3.05) is 52.0 Å². The first-order chi connectivity index (χ1) is 9.24. The molecule has 0 aromatic heterocycles. The molecule has 108 valence electrons. The molecule has 4 nitrogen and oxygen atoms in total. The number of methoxy groups -OCH3 is 1. The van der Waals surface area contributed by atoms with Gasteiger partial charge >= 0.3 is 0 Å². The van der Waals surface area contributed by atoms with Crippen LogP contribution >= 0.6 is 15.9 Å². The van der Waals surface area contributed by atoms with Gasteiger partial charge in [0.2, 0.25) is 0 Å². The molecule has 0 unspecified atom stereocenters. The van der Waals surface area contributed by atoms with E-state index in [-0.39, 0.29) is 0 Å². The van der Waals surface area contributed by atoms with Crippen molar-refractivity contribution in [3.8, 4) is 0 Å². The van der Waals surface area contributed by atoms with Crippen LogP contribution in [-0.2, 0) is 14.2 Å². The average Bonchev–Trinajstić information content (AvgIpc) is 2.39. The Morgan fingerprint density at radius 1 is 1.05 bits per heavy atom. The van der Waals surface area contributed by atoms with Crippen molar-refractivity contribution in [1.82, 2.24) is 0 Å². The van der Waals surface area contributed by atoms with Gasteiger partial charge in [-0.3, -0.25) is 0 Å². The molecule has 0 saturated carbocycles. The largest absolute Gasteiger partial charge is 0.383 e. The molecule has 0 spiro atoms. The molecule has 0 aliphatic heterocycles. The maximum atomic E-state index is 5.46. The number of aryl methyl sites for hydroxylation is 1. The van der Waals surface area contributed by atoms with Crippen LogP contribution in [0.2, 0.25) is 0 Å². The Balaban J connectivity index is 2.01. The van der Waals surface area contributed by atoms with E-state index >= 15 is 0 Å². The summed E-state index contributed by atoms with van der Waals surface area (Å²) in [6.07, 6.45) is 0. The van der Waals surface area contributed by atoms with Crippen molar-refractivity contribution in [1.29, 1.82) is 0 Å². The summed E-state index contributed by atoms with van der Waals surface area (Å²) in [6, 6.07) is 6.18. The van der Waals surface area contributed by atoms with E-state index in [2.05, 4.69) is 40.3 Å². The molecule has 0 aliphatic carbocycles. The van der Waals surface area contributed by atoms with Crippen LogP contribution < -0.4 is 5.32 Å². The third-order valence-corrected chi connectivity index (χ3v) is 3.05. The molecule has 0 aliphatic rings. The van der Waals surface area contributed by atoms with Crippen molar-refractivity contribution in [3.63, 3.8) is 0 Å². The quantitative estimate of drug-likeness (QED) is 0.669. The summed E-state index contributed by atoms with van der Waals surface area (Å²) in [4.78, 5) is 0. The van der Waals surface area contributed by atoms with Crippen molar-refractivity contribution in [3.05, 3.63) is 28.2 Å². The first kappa shape index (κ1) is 16.4. The lowest BCUT2D eigenvalue weighted by Gasteiger charge is -2.10. The van der Waals surface area contributed by atoms with E-state index in [0.29, 0.717) is 33.0 Å². The smallest absolute Gasteiger partial charge is 0.0701 e. The van der Waals surface area contributed by atoms with Gasteiger partial charge in [0.25, 0.3) is 0 Å². The fourth-order valence-electron chi connectivity index (χ4n) is 1.55. The van der Waals surface area contributed by atoms with Crippen LogP contribution in [0.5, 0.6) is 0 Å². The molecular formula is C14H22BrNO3. The lowest BCUT2D eigenvalue weighted by atomic mass is 10.2. The Morgan fingerprint density at radius 3 is 2.42 bits per heavy atom. The Hall–Kier alpha value is -0.620. The van der Waals surface area contributed by atoms with Crippen LogP contribution in [0.25, 0.3) is 0 Å². The van der Waals surface area contributed by atoms with Gasteiger partial charge in [0, 0.05) is 23.8 Å². The van der Waals surface area contributed by atoms with E-state index in [1.807, 2.05) is 6.07 Å². The number of benzene rings is 1. The maximum Gasteiger partial charge on any atom is 0.0701 e. The Bertz CT molecular complexity index is 361. The Labute approximate surface area is 123 Å². The minimum absolute atomic E-state index is 0.612. The number of rotatable bonds is 10. The summed E-state index contributed by atoms with van der Waals surface area (Å²) < 4.78 is 16.7. The van der Waals surface area contributed by atoms with E-state index in [0.717, 1.165) is 16.7 Å². The predicted molar refractivity (Wildman–Crippen MR) is 80.9 cm³/mol. The van der Waals surface area contributed by atoms with E-state index in [1.54, 1.807) is 7.11 Å². The van der Waals surface area contributed by atoms with E-state index in [4.69, 9.17) is 14.2 Å². The van der Waals surface area contributed by atoms with Gasteiger partial charge in [0.05, 0.1) is 33.0 Å². The molecule has 0 fully saturated rings. The van der Waals surface area contributed by atoms with Crippen LogP contribution in [0.15, 0.2) is 22.7 Å². The Morgan fingerprint density at radius 2 is 1.74 bits per heavy atom. The van der Waals surface area contributed by atoms with Crippen LogP contribution in [0.3, 0.4) is 0 Å². The van der Waals surface area contributed by atoms with Gasteiger partial charge in [-0.05, 0) is 30.7 Å². The second kappa shape index (κ2) is 10.2. The number of ether oxygens (including phenoxy) is 3. The van der Waals surface area contributed by atoms with Gasteiger partial charge in [-0.15, -0.1) is 0 Å². The number of hydrogen-bond acceptors (Lipinski definition) is 4. The maximum absolute atomic E-state index is 5.46. The van der Waals surface area contributed by atoms with Gasteiger partial charge in [-0.25, -0.2) is 0 Å². The zero-order valence-corrected chi connectivity index (χ0v) is 13.2. The topological polar surface area (TPSA) is 39.7 Å². The summed E-state index contributed by atoms with van der Waals surface area (Å²) in [5.74, 6) is 0. The van der Waals surface area contributed by atoms with Crippen molar-refractivity contribution >= 4 is 21.6 Å². The number of hydrogen-bond donors (Lipinski definition) is 1. The number of halogens is 1. The first-order valence-corrected chi connectivity index (χ1v) is 7.18. The van der Waals surface area contributed by atoms with Crippen molar-refractivity contribution in [2.45, 2.75) is 6.92 Å². The minimum Gasteiger partial charge on any atom is -0.383 e. The normalized spacial score (nSPS) is 10.7. The van der Waals surface area contributed by atoms with E-state index in [9.17, 15) is 0 Å². The van der Waals surface area contributed by atoms with Gasteiger partial charge in [0.15, 0.2) is 0 Å². The van der Waals surface area contributed by atoms with Crippen LogP contribution in [-0.4, -0.2) is 46.7 Å². The molecule has 5 heteroatoms. The second-order valence-electron chi connectivity index (χ2n) is 4.10. The molecule has 1 rings (SSSR count). The van der Waals surface area contributed by atoms with E-state index < -0.39 is 0 Å². The molecule has 1 aromatic carbocycles. The highest BCUT2D eigenvalue weighted by molar-refractivity contribution is 9.10. The third-order valence-electron chi connectivity index (χ3n) is 2.55. The minimum atomic E-state index is 0.612. The third kappa shape index (κ3) is 7.52. The lowest BCUT2D eigenvalue weighted by molar-refractivity contribution is 0.0272. The zero-order chi connectivity index (χ0) is 13.9. The molecule has 1 N–H and O–H groups in total. The molecule has 19 heavy (non-hydrogen) atoms. The molecule has 0 radical (unpaired) electrons. The summed E-state index contributed by atoms with van der Waals surface area (Å²) in [5.41, 5.74) is 2.36. The zero-order valence-electron chi connectivity index (χ0n) is 11.6. The lowest BCUT2D eigenvalue weighted by Crippen LogP contribution is -2.14. The van der Waals surface area contributed by atoms with Crippen molar-refractivity contribution < 1.29 is 14.2 Å². The molecule has 0 saturated heterocycles. The monoisotopic (exact) mass is 331 g/mol. The highest BCUT2D eigenvalue weighted by atomic mass is 79.9. The summed E-state index contributed by atoms with van der Waals surface area (Å²) in [7, 11) is 1.66. The van der Waals surface area contributed by atoms with Gasteiger partial charge in [0.1, 0.15) is 0 Å².